The topological polar surface area (TPSA) is 13.1 Å². The zero-order valence-corrected chi connectivity index (χ0v) is 10.5. The smallest absolute Gasteiger partial charge is 0.123 e. The maximum atomic E-state index is 5.57. The third kappa shape index (κ3) is 1.93. The van der Waals surface area contributed by atoms with Crippen LogP contribution in [0.25, 0.3) is 0 Å². The van der Waals surface area contributed by atoms with Gasteiger partial charge < -0.3 is 4.42 Å². The minimum Gasteiger partial charge on any atom is -0.465 e. The Kier molecular flexibility index (Phi) is 2.79. The predicted molar refractivity (Wildman–Crippen MR) is 63.3 cm³/mol. The lowest BCUT2D eigenvalue weighted by molar-refractivity contribution is 0.493. The highest BCUT2D eigenvalue weighted by atomic mass is 79.9. The number of rotatable bonds is 2. The van der Waals surface area contributed by atoms with Gasteiger partial charge in [0.2, 0.25) is 0 Å². The van der Waals surface area contributed by atoms with Crippen LogP contribution in [-0.4, -0.2) is 0 Å². The second-order valence-corrected chi connectivity index (χ2v) is 5.49. The van der Waals surface area contributed by atoms with E-state index >= 15 is 0 Å². The van der Waals surface area contributed by atoms with E-state index in [1.807, 2.05) is 19.1 Å². The van der Waals surface area contributed by atoms with Crippen molar-refractivity contribution >= 4 is 27.3 Å². The fourth-order valence-corrected chi connectivity index (χ4v) is 2.86. The molecule has 0 saturated heterocycles. The molecule has 0 aliphatic rings. The Bertz CT molecular complexity index is 390. The van der Waals surface area contributed by atoms with Gasteiger partial charge in [-0.15, -0.1) is 11.3 Å². The van der Waals surface area contributed by atoms with Gasteiger partial charge >= 0.3 is 0 Å². The molecule has 2 aromatic heterocycles. The minimum atomic E-state index is 0.190. The van der Waals surface area contributed by atoms with Gasteiger partial charge in [-0.1, -0.05) is 15.9 Å². The van der Waals surface area contributed by atoms with Crippen LogP contribution in [0.5, 0.6) is 0 Å². The minimum absolute atomic E-state index is 0.190. The van der Waals surface area contributed by atoms with Crippen LogP contribution >= 0.6 is 27.3 Å². The van der Waals surface area contributed by atoms with Crippen molar-refractivity contribution in [3.8, 4) is 0 Å². The van der Waals surface area contributed by atoms with Crippen LogP contribution in [0.1, 0.15) is 26.1 Å². The van der Waals surface area contributed by atoms with Crippen LogP contribution in [0.3, 0.4) is 0 Å². The Morgan fingerprint density at radius 1 is 1.21 bits per heavy atom. The molecule has 0 aliphatic carbocycles. The van der Waals surface area contributed by atoms with Crippen LogP contribution in [-0.2, 0) is 0 Å². The van der Waals surface area contributed by atoms with Crippen LogP contribution in [0.2, 0.25) is 0 Å². The molecule has 2 rings (SSSR count). The first-order chi connectivity index (χ1) is 6.66. The second-order valence-electron chi connectivity index (χ2n) is 3.26. The number of aryl methyl sites for hydroxylation is 2. The first-order valence-electron chi connectivity index (χ1n) is 4.43. The Balaban J connectivity index is 2.28. The van der Waals surface area contributed by atoms with Gasteiger partial charge in [-0.3, -0.25) is 0 Å². The van der Waals surface area contributed by atoms with E-state index in [0.29, 0.717) is 0 Å². The van der Waals surface area contributed by atoms with Crippen molar-refractivity contribution in [1.29, 1.82) is 0 Å². The molecule has 1 atom stereocenters. The molecule has 0 radical (unpaired) electrons. The zero-order chi connectivity index (χ0) is 10.1. The van der Waals surface area contributed by atoms with Gasteiger partial charge in [0.25, 0.3) is 0 Å². The molecule has 0 amide bonds. The Labute approximate surface area is 95.9 Å². The van der Waals surface area contributed by atoms with Gasteiger partial charge in [0.15, 0.2) is 0 Å². The summed E-state index contributed by atoms with van der Waals surface area (Å²) < 4.78 is 5.57. The average molecular weight is 271 g/mol. The molecule has 2 aromatic rings. The van der Waals surface area contributed by atoms with E-state index in [1.54, 1.807) is 11.3 Å². The SMILES string of the molecule is Cc1ccc(C(Br)c2ccc(C)s2)o1. The summed E-state index contributed by atoms with van der Waals surface area (Å²) in [5, 5.41) is 0. The molecule has 3 heteroatoms. The molecule has 1 unspecified atom stereocenters. The molecule has 1 nitrogen and oxygen atoms in total. The number of thiophene rings is 1. The van der Waals surface area contributed by atoms with Gasteiger partial charge in [-0.25, -0.2) is 0 Å². The highest BCUT2D eigenvalue weighted by Crippen LogP contribution is 2.35. The van der Waals surface area contributed by atoms with E-state index in [-0.39, 0.29) is 4.83 Å². The number of hydrogen-bond acceptors (Lipinski definition) is 2. The van der Waals surface area contributed by atoms with E-state index in [0.717, 1.165) is 11.5 Å². The quantitative estimate of drug-likeness (QED) is 0.736. The standard InChI is InChI=1S/C11H11BrOS/c1-7-3-5-9(13-7)11(12)10-6-4-8(2)14-10/h3-6,11H,1-2H3. The monoisotopic (exact) mass is 270 g/mol. The summed E-state index contributed by atoms with van der Waals surface area (Å²) >= 11 is 5.43. The van der Waals surface area contributed by atoms with Gasteiger partial charge in [-0.05, 0) is 38.1 Å². The van der Waals surface area contributed by atoms with Crippen LogP contribution < -0.4 is 0 Å². The lowest BCUT2D eigenvalue weighted by Gasteiger charge is -2.02. The summed E-state index contributed by atoms with van der Waals surface area (Å²) in [5.41, 5.74) is 0. The van der Waals surface area contributed by atoms with Gasteiger partial charge in [-0.2, -0.15) is 0 Å². The second kappa shape index (κ2) is 3.91. The highest BCUT2D eigenvalue weighted by molar-refractivity contribution is 9.09. The summed E-state index contributed by atoms with van der Waals surface area (Å²) in [6, 6.07) is 8.27. The maximum Gasteiger partial charge on any atom is 0.123 e. The lowest BCUT2D eigenvalue weighted by Crippen LogP contribution is -1.85. The predicted octanol–water partition coefficient (Wildman–Crippen LogP) is 4.44. The molecule has 74 valence electrons. The molecular weight excluding hydrogens is 260 g/mol. The summed E-state index contributed by atoms with van der Waals surface area (Å²) in [6.07, 6.45) is 0. The van der Waals surface area contributed by atoms with Crippen LogP contribution in [0, 0.1) is 13.8 Å². The van der Waals surface area contributed by atoms with Crippen molar-refractivity contribution in [1.82, 2.24) is 0 Å². The van der Waals surface area contributed by atoms with Crippen molar-refractivity contribution in [2.75, 3.05) is 0 Å². The first-order valence-corrected chi connectivity index (χ1v) is 6.17. The molecule has 0 aromatic carbocycles. The Hall–Kier alpha value is -0.540. The molecule has 0 spiro atoms. The van der Waals surface area contributed by atoms with Crippen LogP contribution in [0.4, 0.5) is 0 Å². The fourth-order valence-electron chi connectivity index (χ4n) is 1.32. The zero-order valence-electron chi connectivity index (χ0n) is 8.08. The number of hydrogen-bond donors (Lipinski definition) is 0. The highest BCUT2D eigenvalue weighted by Gasteiger charge is 2.15. The number of halogens is 1. The van der Waals surface area contributed by atoms with Crippen molar-refractivity contribution in [2.45, 2.75) is 18.7 Å². The molecule has 0 bridgehead atoms. The fraction of sp³-hybridized carbons (Fsp3) is 0.273. The summed E-state index contributed by atoms with van der Waals surface area (Å²) in [6.45, 7) is 4.07. The lowest BCUT2D eigenvalue weighted by atomic mass is 10.3. The summed E-state index contributed by atoms with van der Waals surface area (Å²) in [5.74, 6) is 1.93. The van der Waals surface area contributed by atoms with Crippen LogP contribution in [0.15, 0.2) is 28.7 Å². The van der Waals surface area contributed by atoms with Crippen molar-refractivity contribution in [3.05, 3.63) is 45.5 Å². The molecule has 0 saturated carbocycles. The molecule has 0 N–H and O–H groups in total. The largest absolute Gasteiger partial charge is 0.465 e. The van der Waals surface area contributed by atoms with E-state index in [4.69, 9.17) is 4.42 Å². The van der Waals surface area contributed by atoms with E-state index in [9.17, 15) is 0 Å². The van der Waals surface area contributed by atoms with Gasteiger partial charge in [0, 0.05) is 9.75 Å². The molecule has 2 heterocycles. The van der Waals surface area contributed by atoms with Crippen molar-refractivity contribution in [3.63, 3.8) is 0 Å². The molecular formula is C11H11BrOS. The van der Waals surface area contributed by atoms with Gasteiger partial charge in [0.05, 0.1) is 0 Å². The van der Waals surface area contributed by atoms with E-state index in [2.05, 4.69) is 35.0 Å². The van der Waals surface area contributed by atoms with E-state index < -0.39 is 0 Å². The van der Waals surface area contributed by atoms with Gasteiger partial charge in [0.1, 0.15) is 16.3 Å². The third-order valence-corrected chi connectivity index (χ3v) is 4.33. The molecule has 0 aliphatic heterocycles. The molecule has 14 heavy (non-hydrogen) atoms. The Morgan fingerprint density at radius 2 is 2.00 bits per heavy atom. The number of alkyl halides is 1. The normalized spacial score (nSPS) is 13.1. The maximum absolute atomic E-state index is 5.57. The third-order valence-electron chi connectivity index (χ3n) is 2.02. The van der Waals surface area contributed by atoms with Crippen molar-refractivity contribution < 1.29 is 4.42 Å². The summed E-state index contributed by atoms with van der Waals surface area (Å²) in [7, 11) is 0. The summed E-state index contributed by atoms with van der Waals surface area (Å²) in [4.78, 5) is 2.81. The van der Waals surface area contributed by atoms with E-state index in [1.165, 1.54) is 9.75 Å². The Morgan fingerprint density at radius 3 is 2.50 bits per heavy atom. The average Bonchev–Trinajstić information content (AvgIpc) is 2.73. The first kappa shape index (κ1) is 9.99. The van der Waals surface area contributed by atoms with Crippen molar-refractivity contribution in [2.24, 2.45) is 0 Å². The number of furan rings is 1. The molecule has 0 fully saturated rings.